The molecule has 0 saturated carbocycles. The van der Waals surface area contributed by atoms with Gasteiger partial charge in [-0.1, -0.05) is 33.8 Å². The van der Waals surface area contributed by atoms with Crippen LogP contribution < -0.4 is 0 Å². The van der Waals surface area contributed by atoms with Crippen molar-refractivity contribution in [2.45, 2.75) is 39.8 Å². The van der Waals surface area contributed by atoms with E-state index in [0.717, 1.165) is 11.4 Å². The first kappa shape index (κ1) is 27.0. The number of ether oxygens (including phenoxy) is 2. The molecule has 3 heterocycles. The predicted molar refractivity (Wildman–Crippen MR) is 116 cm³/mol. The van der Waals surface area contributed by atoms with Gasteiger partial charge in [0, 0.05) is 0 Å². The molecule has 0 saturated heterocycles. The van der Waals surface area contributed by atoms with Crippen LogP contribution in [-0.4, -0.2) is 42.1 Å². The van der Waals surface area contributed by atoms with Gasteiger partial charge in [-0.15, -0.1) is 13.2 Å². The van der Waals surface area contributed by atoms with Crippen LogP contribution in [0.5, 0.6) is 0 Å². The fraction of sp³-hybridized carbons (Fsp3) is 0.500. The Balaban J connectivity index is 0.00000111. The van der Waals surface area contributed by atoms with Crippen molar-refractivity contribution in [3.8, 4) is 0 Å². The van der Waals surface area contributed by atoms with Gasteiger partial charge in [-0.05, 0) is 24.0 Å². The Hall–Kier alpha value is -0.967. The van der Waals surface area contributed by atoms with Crippen LogP contribution in [0.4, 0.5) is 0 Å². The summed E-state index contributed by atoms with van der Waals surface area (Å²) in [5.41, 5.74) is 1.50. The van der Waals surface area contributed by atoms with Crippen molar-refractivity contribution in [2.75, 3.05) is 13.2 Å². The monoisotopic (exact) mass is 516 g/mol. The number of hydrogen-bond donors (Lipinski definition) is 0. The van der Waals surface area contributed by atoms with Crippen LogP contribution in [0.2, 0.25) is 0 Å². The first-order valence-electron chi connectivity index (χ1n) is 8.70. The zero-order valence-electron chi connectivity index (χ0n) is 17.1. The van der Waals surface area contributed by atoms with Crippen molar-refractivity contribution < 1.29 is 24.6 Å². The Morgan fingerprint density at radius 3 is 1.57 bits per heavy atom. The van der Waals surface area contributed by atoms with Gasteiger partial charge in [0.15, 0.2) is 0 Å². The van der Waals surface area contributed by atoms with Crippen LogP contribution in [0.15, 0.2) is 41.3 Å². The number of hydrogen-bond acceptors (Lipinski definition) is 5. The molecule has 0 fully saturated rings. The van der Waals surface area contributed by atoms with Gasteiger partial charge >= 0.3 is 34.5 Å². The molecule has 0 aromatic carbocycles. The second kappa shape index (κ2) is 14.1. The zero-order valence-corrected chi connectivity index (χ0v) is 20.4. The quantitative estimate of drug-likeness (QED) is 0.310. The Labute approximate surface area is 185 Å². The molecule has 8 heteroatoms. The summed E-state index contributed by atoms with van der Waals surface area (Å²) in [6.45, 7) is 15.9. The fourth-order valence-electron chi connectivity index (χ4n) is 2.42. The Morgan fingerprint density at radius 1 is 0.929 bits per heavy atom. The van der Waals surface area contributed by atoms with Gasteiger partial charge in [0.25, 0.3) is 0 Å². The summed E-state index contributed by atoms with van der Waals surface area (Å²) in [4.78, 5) is 13.9. The third-order valence-corrected chi connectivity index (χ3v) is 4.07. The summed E-state index contributed by atoms with van der Waals surface area (Å²) in [5, 5.41) is 0. The van der Waals surface area contributed by atoms with E-state index >= 15 is 0 Å². The molecule has 0 aliphatic carbocycles. The fourth-order valence-corrected chi connectivity index (χ4v) is 2.42. The summed E-state index contributed by atoms with van der Waals surface area (Å²) < 4.78 is 11.4. The van der Waals surface area contributed by atoms with E-state index in [9.17, 15) is 0 Å². The summed E-state index contributed by atoms with van der Waals surface area (Å²) in [5.74, 6) is 2.18. The van der Waals surface area contributed by atoms with Crippen molar-refractivity contribution in [3.05, 3.63) is 50.2 Å². The van der Waals surface area contributed by atoms with E-state index in [-0.39, 0.29) is 34.7 Å². The Morgan fingerprint density at radius 2 is 1.29 bits per heavy atom. The number of aromatic nitrogens is 1. The van der Waals surface area contributed by atoms with Crippen LogP contribution in [0.1, 0.15) is 39.1 Å². The first-order valence-corrected chi connectivity index (χ1v) is 13.2. The summed E-state index contributed by atoms with van der Waals surface area (Å²) >= 11 is -0.346. The van der Waals surface area contributed by atoms with Gasteiger partial charge in [-0.2, -0.15) is 0 Å². The molecule has 0 unspecified atom stereocenters. The Bertz CT molecular complexity index is 605. The number of aliphatic imine (C=N–C) groups is 2. The second-order valence-corrected chi connectivity index (χ2v) is 9.21. The molecule has 2 atom stereocenters. The molecular weight excluding hydrogens is 486 g/mol. The van der Waals surface area contributed by atoms with E-state index in [1.807, 2.05) is 18.2 Å². The van der Waals surface area contributed by atoms with Gasteiger partial charge in [0.1, 0.15) is 24.6 Å². The Kier molecular flexibility index (Phi) is 13.6. The molecular formula is C20H30Cl2N3O2Ru-. The maximum absolute atomic E-state index is 5.70. The maximum atomic E-state index is 5.70. The first-order chi connectivity index (χ1) is 13.0. The molecule has 1 aromatic heterocycles. The van der Waals surface area contributed by atoms with Crippen LogP contribution in [-0.2, 0) is 24.6 Å². The molecule has 3 rings (SSSR count). The minimum absolute atomic E-state index is 0. The second-order valence-electron chi connectivity index (χ2n) is 6.57. The standard InChI is InChI=1S/C17H23N3O2.C2H4.CH3.2ClH.Ru/c1-10(2)14-8-21-16(19-14)12-6-5-7-13(18-12)17-20-15(9-22-17)11(3)4;1-2;;;;/h5-7,10-11,14-15H,8-9H2,1-4H3;1-2H2;1H3;2*1H;/q;;-1;;;+2/p-2/t14-,15-;;;;;/m0...../s1. The van der Waals surface area contributed by atoms with E-state index in [2.05, 4.69) is 55.8 Å². The third kappa shape index (κ3) is 7.81. The average Bonchev–Trinajstić information content (AvgIpc) is 3.34. The number of rotatable bonds is 4. The molecule has 2 aliphatic rings. The van der Waals surface area contributed by atoms with E-state index in [1.165, 1.54) is 0 Å². The van der Waals surface area contributed by atoms with Gasteiger partial charge in [0.05, 0.1) is 12.1 Å². The van der Waals surface area contributed by atoms with Crippen LogP contribution in [0.3, 0.4) is 0 Å². The molecule has 160 valence electrons. The summed E-state index contributed by atoms with van der Waals surface area (Å²) in [6, 6.07) is 6.21. The molecule has 1 aromatic rings. The topological polar surface area (TPSA) is 56.1 Å². The van der Waals surface area contributed by atoms with Crippen molar-refractivity contribution >= 4 is 31.2 Å². The SMILES string of the molecule is C=C.CC(C)[C@@H]1COC(c2cccc(C3=N[C@H](C(C)C)CO3)n2)=N1.[CH3-].[Cl][Ru][Cl]. The minimum atomic E-state index is -0.346. The molecule has 5 nitrogen and oxygen atoms in total. The van der Waals surface area contributed by atoms with E-state index in [1.54, 1.807) is 0 Å². The molecule has 0 radical (unpaired) electrons. The number of halogens is 2. The predicted octanol–water partition coefficient (Wildman–Crippen LogP) is 5.31. The zero-order chi connectivity index (χ0) is 20.4. The van der Waals surface area contributed by atoms with Gasteiger partial charge < -0.3 is 16.9 Å². The van der Waals surface area contributed by atoms with Crippen molar-refractivity contribution in [3.63, 3.8) is 0 Å². The van der Waals surface area contributed by atoms with Crippen molar-refractivity contribution in [1.82, 2.24) is 4.98 Å². The molecule has 0 spiro atoms. The van der Waals surface area contributed by atoms with Crippen LogP contribution in [0, 0.1) is 19.3 Å². The van der Waals surface area contributed by atoms with Gasteiger partial charge in [0.2, 0.25) is 11.8 Å². The van der Waals surface area contributed by atoms with E-state index in [4.69, 9.17) is 28.9 Å². The molecule has 0 amide bonds. The normalized spacial score (nSPS) is 20.0. The van der Waals surface area contributed by atoms with E-state index in [0.29, 0.717) is 36.8 Å². The van der Waals surface area contributed by atoms with Crippen LogP contribution >= 0.6 is 19.4 Å². The third-order valence-electron chi connectivity index (χ3n) is 4.07. The molecule has 28 heavy (non-hydrogen) atoms. The summed E-state index contributed by atoms with van der Waals surface area (Å²) in [6.07, 6.45) is 0. The summed E-state index contributed by atoms with van der Waals surface area (Å²) in [7, 11) is 9.71. The average molecular weight is 516 g/mol. The molecule has 0 bridgehead atoms. The molecule has 2 aliphatic heterocycles. The van der Waals surface area contributed by atoms with Crippen LogP contribution in [0.25, 0.3) is 0 Å². The number of nitrogens with zero attached hydrogens (tertiary/aromatic N) is 3. The van der Waals surface area contributed by atoms with E-state index < -0.39 is 0 Å². The van der Waals surface area contributed by atoms with Gasteiger partial charge in [-0.3, -0.25) is 0 Å². The molecule has 0 N–H and O–H groups in total. The number of pyridine rings is 1. The van der Waals surface area contributed by atoms with Crippen molar-refractivity contribution in [1.29, 1.82) is 0 Å². The van der Waals surface area contributed by atoms with Gasteiger partial charge in [-0.25, -0.2) is 15.0 Å². The van der Waals surface area contributed by atoms with Crippen molar-refractivity contribution in [2.24, 2.45) is 21.8 Å².